The van der Waals surface area contributed by atoms with Gasteiger partial charge in [0.25, 0.3) is 0 Å². The second kappa shape index (κ2) is 17.1. The molecule has 1 aliphatic carbocycles. The summed E-state index contributed by atoms with van der Waals surface area (Å²) in [6, 6.07) is 60.4. The van der Waals surface area contributed by atoms with E-state index in [0.717, 1.165) is 55.1 Å². The predicted molar refractivity (Wildman–Crippen MR) is 287 cm³/mol. The van der Waals surface area contributed by atoms with Crippen LogP contribution < -0.4 is 0 Å². The number of benzene rings is 10. The van der Waals surface area contributed by atoms with E-state index in [1.165, 1.54) is 4.57 Å². The molecule has 11 aromatic rings. The van der Waals surface area contributed by atoms with E-state index in [2.05, 4.69) is 30.8 Å². The molecule has 10 aromatic carbocycles. The van der Waals surface area contributed by atoms with Gasteiger partial charge in [-0.05, 0) is 97.2 Å². The zero-order valence-electron chi connectivity index (χ0n) is 38.9. The fourth-order valence-electron chi connectivity index (χ4n) is 11.0. The van der Waals surface area contributed by atoms with Gasteiger partial charge in [-0.1, -0.05) is 200 Å². The average molecular weight is 940 g/mol. The van der Waals surface area contributed by atoms with Crippen molar-refractivity contribution in [2.45, 2.75) is 12.3 Å². The molecule has 0 saturated heterocycles. The van der Waals surface area contributed by atoms with Crippen molar-refractivity contribution in [3.8, 4) is 78.9 Å². The molecule has 12 rings (SSSR count). The van der Waals surface area contributed by atoms with Crippen molar-refractivity contribution in [3.05, 3.63) is 241 Å². The number of phenols is 5. The van der Waals surface area contributed by atoms with Crippen LogP contribution in [-0.2, 0) is 5.41 Å². The van der Waals surface area contributed by atoms with Crippen LogP contribution in [0.25, 0.3) is 93.9 Å². The lowest BCUT2D eigenvalue weighted by Crippen LogP contribution is -2.28. The number of allylic oxidation sites excluding steroid dienone is 5. The van der Waals surface area contributed by atoms with E-state index in [0.29, 0.717) is 33.3 Å². The number of aromatic nitrogens is 1. The highest BCUT2D eigenvalue weighted by molar-refractivity contribution is 6.16. The maximum absolute atomic E-state index is 13.5. The van der Waals surface area contributed by atoms with E-state index in [-0.39, 0.29) is 39.3 Å². The van der Waals surface area contributed by atoms with Gasteiger partial charge in [-0.2, -0.15) is 0 Å². The van der Waals surface area contributed by atoms with Crippen molar-refractivity contribution < 1.29 is 34.7 Å². The minimum atomic E-state index is -1.21. The summed E-state index contributed by atoms with van der Waals surface area (Å²) in [5.41, 5.74) is 5.96. The van der Waals surface area contributed by atoms with Gasteiger partial charge in [-0.15, -0.1) is 0 Å². The minimum Gasteiger partial charge on any atom is -0.505 e. The number of hydrogen-bond acceptors (Lipinski definition) is 7. The number of hydrogen-bond donors (Lipinski definition) is 5. The molecule has 1 heterocycles. The first-order valence-corrected chi connectivity index (χ1v) is 23.6. The van der Waals surface area contributed by atoms with Gasteiger partial charge in [0, 0.05) is 16.8 Å². The summed E-state index contributed by atoms with van der Waals surface area (Å²) in [5.74, 6) is -2.59. The molecule has 0 radical (unpaired) electrons. The Hall–Kier alpha value is -9.66. The maximum atomic E-state index is 13.5. The first-order valence-electron chi connectivity index (χ1n) is 23.6. The second-order valence-corrected chi connectivity index (χ2v) is 18.0. The molecule has 1 aliphatic rings. The Morgan fingerprint density at radius 1 is 0.486 bits per heavy atom. The lowest BCUT2D eigenvalue weighted by Gasteiger charge is -2.35. The molecule has 8 nitrogen and oxygen atoms in total. The Morgan fingerprint density at radius 2 is 1.06 bits per heavy atom. The van der Waals surface area contributed by atoms with Crippen LogP contribution in [0, 0.1) is 0 Å². The third-order valence-corrected chi connectivity index (χ3v) is 14.2. The Balaban J connectivity index is 1.22. The summed E-state index contributed by atoms with van der Waals surface area (Å²) in [6.07, 6.45) is 7.34. The molecule has 72 heavy (non-hydrogen) atoms. The third kappa shape index (κ3) is 6.46. The van der Waals surface area contributed by atoms with Crippen LogP contribution in [0.2, 0.25) is 0 Å². The summed E-state index contributed by atoms with van der Waals surface area (Å²) >= 11 is 0. The highest BCUT2D eigenvalue weighted by Gasteiger charge is 2.50. The number of nitrogens with zero attached hydrogens (tertiary/aromatic N) is 1. The van der Waals surface area contributed by atoms with Crippen molar-refractivity contribution in [1.82, 2.24) is 4.57 Å². The van der Waals surface area contributed by atoms with Crippen LogP contribution in [0.4, 0.5) is 0 Å². The second-order valence-electron chi connectivity index (χ2n) is 18.0. The van der Waals surface area contributed by atoms with Gasteiger partial charge in [-0.25, -0.2) is 0 Å². The van der Waals surface area contributed by atoms with E-state index >= 15 is 0 Å². The van der Waals surface area contributed by atoms with Crippen LogP contribution in [0.5, 0.6) is 28.7 Å². The van der Waals surface area contributed by atoms with Crippen LogP contribution in [0.3, 0.4) is 0 Å². The van der Waals surface area contributed by atoms with Crippen LogP contribution >= 0.6 is 0 Å². The maximum Gasteiger partial charge on any atom is 0.248 e. The Kier molecular flexibility index (Phi) is 10.3. The molecule has 0 aliphatic heterocycles. The fourth-order valence-corrected chi connectivity index (χ4v) is 11.0. The zero-order valence-corrected chi connectivity index (χ0v) is 38.9. The molecule has 0 spiro atoms. The SMILES string of the molecule is C=C/C=C\C=C(/C)C1(c2ccccc2)c2ccccc2-c2c1c(O)c1c(ooc3c(O)c(-c4cc5ccccc5c5ccccc45)c(O)c(O)c3n1-c1ccc(-c3cccc(-c4ccccc4)c3)cc1)c2O. The van der Waals surface area contributed by atoms with Gasteiger partial charge < -0.3 is 25.5 Å². The average Bonchev–Trinajstić information content (AvgIpc) is 3.62. The van der Waals surface area contributed by atoms with Crippen molar-refractivity contribution in [2.24, 2.45) is 0 Å². The molecular weight excluding hydrogens is 895 g/mol. The highest BCUT2D eigenvalue weighted by atomic mass is 17.0. The summed E-state index contributed by atoms with van der Waals surface area (Å²) in [6.45, 7) is 5.85. The molecule has 1 unspecified atom stereocenters. The van der Waals surface area contributed by atoms with Crippen LogP contribution in [0.1, 0.15) is 23.6 Å². The molecule has 0 bridgehead atoms. The topological polar surface area (TPSA) is 132 Å². The van der Waals surface area contributed by atoms with Gasteiger partial charge in [-0.3, -0.25) is 13.7 Å². The van der Waals surface area contributed by atoms with Gasteiger partial charge in [0.1, 0.15) is 16.8 Å². The van der Waals surface area contributed by atoms with E-state index in [1.54, 1.807) is 18.2 Å². The fraction of sp³-hybridized carbons (Fsp3) is 0.0312. The number of rotatable bonds is 8. The Morgan fingerprint density at radius 3 is 1.76 bits per heavy atom. The first kappa shape index (κ1) is 43.6. The van der Waals surface area contributed by atoms with Crippen molar-refractivity contribution in [1.29, 1.82) is 0 Å². The van der Waals surface area contributed by atoms with Crippen LogP contribution in [0.15, 0.2) is 234 Å². The number of phenolic OH excluding ortho intramolecular Hbond substituents is 5. The Labute approximate surface area is 413 Å². The highest BCUT2D eigenvalue weighted by Crippen LogP contribution is 2.64. The van der Waals surface area contributed by atoms with E-state index in [1.807, 2.05) is 177 Å². The monoisotopic (exact) mass is 939 g/mol. The molecule has 5 N–H and O–H groups in total. The first-order chi connectivity index (χ1) is 35.2. The molecular formula is C64H45NO7. The number of fused-ring (bicyclic) bond motifs is 8. The Bertz CT molecular complexity index is 4120. The molecule has 8 heteroatoms. The lowest BCUT2D eigenvalue weighted by molar-refractivity contribution is 0.0877. The summed E-state index contributed by atoms with van der Waals surface area (Å²) in [7, 11) is 0. The summed E-state index contributed by atoms with van der Waals surface area (Å²) < 4.78 is 13.9. The van der Waals surface area contributed by atoms with Gasteiger partial charge >= 0.3 is 0 Å². The predicted octanol–water partition coefficient (Wildman–Crippen LogP) is 15.9. The van der Waals surface area contributed by atoms with E-state index in [9.17, 15) is 25.5 Å². The van der Waals surface area contributed by atoms with Crippen LogP contribution in [-0.4, -0.2) is 30.1 Å². The van der Waals surface area contributed by atoms with Gasteiger partial charge in [0.05, 0.1) is 11.0 Å². The number of aromatic hydroxyl groups is 5. The zero-order chi connectivity index (χ0) is 49.3. The quantitative estimate of drug-likeness (QED) is 0.0337. The van der Waals surface area contributed by atoms with Gasteiger partial charge in [0.15, 0.2) is 23.0 Å². The molecule has 0 fully saturated rings. The summed E-state index contributed by atoms with van der Waals surface area (Å²) in [4.78, 5) is 0. The third-order valence-electron chi connectivity index (χ3n) is 14.2. The molecule has 0 amide bonds. The van der Waals surface area contributed by atoms with Gasteiger partial charge in [0.2, 0.25) is 11.2 Å². The molecule has 1 aromatic heterocycles. The smallest absolute Gasteiger partial charge is 0.248 e. The van der Waals surface area contributed by atoms with Crippen molar-refractivity contribution >= 4 is 43.7 Å². The normalized spacial score (nSPS) is 14.3. The minimum absolute atomic E-state index is 0.113. The van der Waals surface area contributed by atoms with E-state index in [4.69, 9.17) is 9.15 Å². The standard InChI is InChI=1S/C64H45NO7/c1-3-4-7-19-38(2)64(44-25-10-6-11-26-44)51-31-17-16-30-49(51)52-54(64)60(69)55-62(58(52)67)71-72-63-56(65(55)45-34-32-40(33-35-45)42-24-18-23-41(36-42)39-20-8-5-9-21-39)61(70)57(66)53(59(63)68)50-37-43-22-12-13-27-46(43)47-28-14-15-29-48(47)50/h3-37,66-70H,1H2,2H3/b7-4-,38-19+. The molecule has 0 saturated carbocycles. The van der Waals surface area contributed by atoms with E-state index < -0.39 is 22.7 Å². The molecule has 1 atom stereocenters. The molecule has 348 valence electrons. The summed E-state index contributed by atoms with van der Waals surface area (Å²) in [5, 5.41) is 67.8. The van der Waals surface area contributed by atoms with Crippen molar-refractivity contribution in [2.75, 3.05) is 0 Å². The largest absolute Gasteiger partial charge is 0.505 e. The lowest BCUT2D eigenvalue weighted by atomic mass is 9.67. The van der Waals surface area contributed by atoms with Crippen molar-refractivity contribution in [3.63, 3.8) is 0 Å².